The number of H-pyrrole nitrogens is 2. The standard InChI is InChI=1S/C15H25N2O12P3.C14H22N3O8P.C5H12O5P2.C3H10O4P2.CH4/c1-9-7-17(15(21)16-14(9)20)13-6-11(19)12(26-13)8-25-30(3,22)28-32(5,24)29-31(4,23)27-10(2)18;1-9-7-17(14(20)15-13(9)19)12-6-10(18)11(25-12)8-24-26(21,22)16-2-4-23-5-3-16;1-5(6)9-12(4,8)10-11(2,3)7;1-8(2,4)7-9(3,5)6;/h7,11-13,19H,6,8H2,1-5H3,(H,16,20,21);7,10-12,18H,2-6,8H2,1H3,(H,21,22)(H,15,19,20);1-4H3;1-3H3,(H,5,6);1H4/p-1/t11-,12-,13-,30?,31?,32?;10-,11-,12-;;;/m11.../s1. The van der Waals surface area contributed by atoms with E-state index in [-0.39, 0.29) is 45.5 Å². The Hall–Kier alpha value is -2.42. The van der Waals surface area contributed by atoms with E-state index in [4.69, 9.17) is 36.8 Å². The topological polar surface area (TPSA) is 469 Å². The predicted octanol–water partition coefficient (Wildman–Crippen LogP) is 3.80. The molecule has 464 valence electrons. The van der Waals surface area contributed by atoms with Crippen molar-refractivity contribution in [2.45, 2.75) is 84.8 Å². The third kappa shape index (κ3) is 28.4. The van der Waals surface area contributed by atoms with Gasteiger partial charge in [-0.3, -0.25) is 70.0 Å². The zero-order valence-corrected chi connectivity index (χ0v) is 52.3. The average molecular weight is 1310 g/mol. The molecule has 80 heavy (non-hydrogen) atoms. The van der Waals surface area contributed by atoms with E-state index in [0.29, 0.717) is 18.8 Å². The van der Waals surface area contributed by atoms with Gasteiger partial charge in [-0.25, -0.2) is 36.3 Å². The maximum atomic E-state index is 12.6. The number of hydrogen-bond acceptors (Lipinski definition) is 28. The summed E-state index contributed by atoms with van der Waals surface area (Å²) in [6, 6.07) is 0. The van der Waals surface area contributed by atoms with Crippen molar-refractivity contribution in [1.29, 1.82) is 0 Å². The van der Waals surface area contributed by atoms with E-state index >= 15 is 0 Å². The highest BCUT2D eigenvalue weighted by molar-refractivity contribution is 7.72. The number of aliphatic hydroxyl groups is 2. The van der Waals surface area contributed by atoms with Gasteiger partial charge in [0.25, 0.3) is 11.1 Å². The van der Waals surface area contributed by atoms with Gasteiger partial charge in [0, 0.05) is 110 Å². The van der Waals surface area contributed by atoms with Crippen LogP contribution in [0, 0.1) is 13.8 Å². The van der Waals surface area contributed by atoms with Crippen LogP contribution in [0.25, 0.3) is 0 Å². The van der Waals surface area contributed by atoms with Crippen molar-refractivity contribution >= 4 is 72.4 Å². The second-order valence-electron chi connectivity index (χ2n) is 18.3. The summed E-state index contributed by atoms with van der Waals surface area (Å²) in [6.45, 7) is 15.3. The molecule has 0 radical (unpaired) electrons. The van der Waals surface area contributed by atoms with E-state index < -0.39 is 138 Å². The molecule has 0 aromatic carbocycles. The predicted molar refractivity (Wildman–Crippen MR) is 286 cm³/mol. The van der Waals surface area contributed by atoms with Crippen molar-refractivity contribution in [3.05, 3.63) is 65.2 Å². The van der Waals surface area contributed by atoms with Crippen molar-refractivity contribution < 1.29 is 116 Å². The van der Waals surface area contributed by atoms with Gasteiger partial charge in [0.15, 0.2) is 0 Å². The highest BCUT2D eigenvalue weighted by Crippen LogP contribution is 2.68. The summed E-state index contributed by atoms with van der Waals surface area (Å²) in [5, 5.41) is 20.3. The SMILES string of the molecule is C.CC(=O)OP(C)(=O)OP(C)(=O)OP(C)(=O)OC[C@H]1O[C@@H](n2cc(C)c(=O)[nH]c2=O)C[C@H]1O.CC(=O)OP(C)(=O)OP(C)(C)=O.CP(C)(=O)OP(C)(=O)O.Cc1cn([C@H]2C[C@@H](O)[C@@H](COP(=O)([O-])N3CCOCC3)O2)c(=O)[nH]c1=O. The molecule has 2 aromatic rings. The highest BCUT2D eigenvalue weighted by atomic mass is 31.3. The maximum Gasteiger partial charge on any atom is 0.385 e. The van der Waals surface area contributed by atoms with E-state index in [2.05, 4.69) is 27.6 Å². The van der Waals surface area contributed by atoms with Gasteiger partial charge in [-0.15, -0.1) is 0 Å². The summed E-state index contributed by atoms with van der Waals surface area (Å²) in [4.78, 5) is 93.2. The van der Waals surface area contributed by atoms with Gasteiger partial charge in [0.05, 0.1) is 52.0 Å². The quantitative estimate of drug-likeness (QED) is 0.125. The minimum atomic E-state index is -4.27. The Kier molecular flexibility index (Phi) is 28.9. The number of carbonyl (C=O) groups excluding carboxylic acids is 2. The van der Waals surface area contributed by atoms with Crippen LogP contribution >= 0.6 is 60.5 Å². The Bertz CT molecular complexity index is 3080. The summed E-state index contributed by atoms with van der Waals surface area (Å²) < 4.78 is 150. The number of ether oxygens (including phenoxy) is 3. The lowest BCUT2D eigenvalue weighted by molar-refractivity contribution is -0.218. The molecule has 6 unspecified atom stereocenters. The molecule has 0 amide bonds. The lowest BCUT2D eigenvalue weighted by atomic mass is 10.2. The summed E-state index contributed by atoms with van der Waals surface area (Å²) in [7, 11) is -29.4. The number of nitrogens with zero attached hydrogens (tertiary/aromatic N) is 3. The van der Waals surface area contributed by atoms with Crippen LogP contribution in [-0.2, 0) is 95.7 Å². The van der Waals surface area contributed by atoms with Gasteiger partial charge in [-0.05, 0) is 13.8 Å². The number of aromatic amines is 2. The molecule has 3 aliphatic heterocycles. The average Bonchev–Trinajstić information content (AvgIpc) is 3.79. The zero-order chi connectivity index (χ0) is 61.1. The molecule has 0 spiro atoms. The minimum absolute atomic E-state index is 0. The number of morpholine rings is 1. The summed E-state index contributed by atoms with van der Waals surface area (Å²) in [5.41, 5.74) is -1.87. The van der Waals surface area contributed by atoms with E-state index in [1.165, 1.54) is 62.1 Å². The molecular formula is C38H72N5O29P8-. The van der Waals surface area contributed by atoms with E-state index in [9.17, 15) is 80.4 Å². The molecule has 3 fully saturated rings. The van der Waals surface area contributed by atoms with Gasteiger partial charge in [-0.1, -0.05) is 7.43 Å². The number of carbonyl (C=O) groups is 2. The fraction of sp³-hybridized carbons (Fsp3) is 0.737. The van der Waals surface area contributed by atoms with E-state index in [1.54, 1.807) is 0 Å². The Morgan fingerprint density at radius 3 is 1.32 bits per heavy atom. The van der Waals surface area contributed by atoms with Crippen molar-refractivity contribution in [2.24, 2.45) is 0 Å². The summed E-state index contributed by atoms with van der Waals surface area (Å²) >= 11 is 0. The van der Waals surface area contributed by atoms with Crippen LogP contribution in [-0.4, -0.2) is 175 Å². The fourth-order valence-corrected chi connectivity index (χ4v) is 20.2. The van der Waals surface area contributed by atoms with Crippen LogP contribution < -0.4 is 27.4 Å². The Balaban J connectivity index is 0.000000592. The molecule has 0 aliphatic carbocycles. The first-order valence-corrected chi connectivity index (χ1v) is 39.3. The van der Waals surface area contributed by atoms with Crippen LogP contribution in [0.5, 0.6) is 0 Å². The molecule has 0 bridgehead atoms. The Morgan fingerprint density at radius 1 is 0.613 bits per heavy atom. The van der Waals surface area contributed by atoms with Crippen LogP contribution in [0.3, 0.4) is 0 Å². The zero-order valence-electron chi connectivity index (χ0n) is 45.2. The van der Waals surface area contributed by atoms with Crippen molar-refractivity contribution in [1.82, 2.24) is 23.8 Å². The number of rotatable bonds is 19. The molecule has 0 saturated carbocycles. The fourth-order valence-electron chi connectivity index (χ4n) is 6.73. The van der Waals surface area contributed by atoms with Crippen LogP contribution in [0.2, 0.25) is 0 Å². The minimum Gasteiger partial charge on any atom is -0.766 e. The third-order valence-electron chi connectivity index (χ3n) is 9.40. The molecule has 42 heteroatoms. The van der Waals surface area contributed by atoms with Gasteiger partial charge >= 0.3 is 61.3 Å². The second kappa shape index (κ2) is 30.6. The largest absolute Gasteiger partial charge is 0.766 e. The first-order chi connectivity index (χ1) is 35.6. The first-order valence-electron chi connectivity index (χ1n) is 22.8. The molecule has 5 rings (SSSR count). The number of aromatic nitrogens is 4. The molecule has 34 nitrogen and oxygen atoms in total. The van der Waals surface area contributed by atoms with Crippen LogP contribution in [0.1, 0.15) is 57.7 Å². The normalized spacial score (nSPS) is 24.9. The maximum absolute atomic E-state index is 12.6. The summed E-state index contributed by atoms with van der Waals surface area (Å²) in [6.07, 6.45) is -3.15. The number of nitrogens with one attached hydrogen (secondary N) is 2. The number of hydrogen-bond donors (Lipinski definition) is 5. The number of aryl methyl sites for hydroxylation is 2. The molecule has 3 saturated heterocycles. The van der Waals surface area contributed by atoms with E-state index in [1.807, 2.05) is 0 Å². The second-order valence-corrected chi connectivity index (χ2v) is 36.1. The third-order valence-corrected chi connectivity index (χ3v) is 23.1. The molecule has 3 aliphatic rings. The van der Waals surface area contributed by atoms with E-state index in [0.717, 1.165) is 51.7 Å². The molecule has 12 atom stereocenters. The van der Waals surface area contributed by atoms with Gasteiger partial charge < -0.3 is 52.3 Å². The van der Waals surface area contributed by atoms with Gasteiger partial charge in [0.1, 0.15) is 24.7 Å². The molecule has 2 aromatic heterocycles. The first kappa shape index (κ1) is 75.6. The van der Waals surface area contributed by atoms with Crippen molar-refractivity contribution in [3.8, 4) is 0 Å². The lowest BCUT2D eigenvalue weighted by Gasteiger charge is -2.37. The Morgan fingerprint density at radius 2 is 0.975 bits per heavy atom. The smallest absolute Gasteiger partial charge is 0.385 e. The van der Waals surface area contributed by atoms with Crippen molar-refractivity contribution in [2.75, 3.05) is 99.5 Å². The Labute approximate surface area is 459 Å². The van der Waals surface area contributed by atoms with Gasteiger partial charge in [0.2, 0.25) is 22.5 Å². The number of aliphatic hydroxyl groups excluding tert-OH is 2. The molecular weight excluding hydrogens is 1240 g/mol. The highest BCUT2D eigenvalue weighted by Gasteiger charge is 2.41. The van der Waals surface area contributed by atoms with Gasteiger partial charge in [-0.2, -0.15) is 0 Å². The van der Waals surface area contributed by atoms with Crippen molar-refractivity contribution in [3.63, 3.8) is 0 Å². The monoisotopic (exact) mass is 1310 g/mol. The lowest BCUT2D eigenvalue weighted by Crippen LogP contribution is -2.39. The van der Waals surface area contributed by atoms with Crippen LogP contribution in [0.4, 0.5) is 0 Å². The summed E-state index contributed by atoms with van der Waals surface area (Å²) in [5.74, 6) is -1.65. The molecule has 5 N–H and O–H groups in total. The molecule has 5 heterocycles. The van der Waals surface area contributed by atoms with Crippen LogP contribution in [0.15, 0.2) is 31.6 Å².